The Balaban J connectivity index is 1.61. The summed E-state index contributed by atoms with van der Waals surface area (Å²) in [4.78, 5) is 4.46. The maximum absolute atomic E-state index is 5.33. The minimum absolute atomic E-state index is 0.482. The molecule has 0 bridgehead atoms. The molecule has 27 heavy (non-hydrogen) atoms. The van der Waals surface area contributed by atoms with Gasteiger partial charge in [0.2, 0.25) is 5.95 Å². The largest absolute Gasteiger partial charge is 0.493 e. The minimum atomic E-state index is 0.482. The third-order valence-electron chi connectivity index (χ3n) is 4.18. The molecule has 7 nitrogen and oxygen atoms in total. The SMILES string of the molecule is COc1ccc(CNc2cnnc(NCc3ccccc3C)n2)cc1OC. The van der Waals surface area contributed by atoms with Crippen LogP contribution in [0.5, 0.6) is 11.5 Å². The number of hydrogen-bond donors (Lipinski definition) is 2. The summed E-state index contributed by atoms with van der Waals surface area (Å²) in [6.07, 6.45) is 1.60. The van der Waals surface area contributed by atoms with Gasteiger partial charge in [-0.2, -0.15) is 10.1 Å². The molecule has 0 aliphatic rings. The quantitative estimate of drug-likeness (QED) is 0.633. The van der Waals surface area contributed by atoms with E-state index in [0.29, 0.717) is 36.4 Å². The van der Waals surface area contributed by atoms with Crippen LogP contribution in [-0.2, 0) is 13.1 Å². The van der Waals surface area contributed by atoms with Crippen molar-refractivity contribution in [1.82, 2.24) is 15.2 Å². The molecule has 3 rings (SSSR count). The second-order valence-electron chi connectivity index (χ2n) is 5.99. The van der Waals surface area contributed by atoms with E-state index >= 15 is 0 Å². The topological polar surface area (TPSA) is 81.2 Å². The summed E-state index contributed by atoms with van der Waals surface area (Å²) in [7, 11) is 3.24. The molecule has 0 saturated carbocycles. The number of anilines is 2. The minimum Gasteiger partial charge on any atom is -0.493 e. The van der Waals surface area contributed by atoms with Crippen LogP contribution >= 0.6 is 0 Å². The van der Waals surface area contributed by atoms with Crippen LogP contribution < -0.4 is 20.1 Å². The van der Waals surface area contributed by atoms with Crippen LogP contribution in [0.15, 0.2) is 48.7 Å². The molecule has 0 amide bonds. The second kappa shape index (κ2) is 8.84. The highest BCUT2D eigenvalue weighted by Gasteiger charge is 2.06. The van der Waals surface area contributed by atoms with Gasteiger partial charge in [-0.05, 0) is 35.7 Å². The van der Waals surface area contributed by atoms with Crippen molar-refractivity contribution in [2.75, 3.05) is 24.9 Å². The van der Waals surface area contributed by atoms with Gasteiger partial charge < -0.3 is 20.1 Å². The standard InChI is InChI=1S/C20H23N5O2/c1-14-6-4-5-7-16(14)12-22-20-24-19(13-23-25-20)21-11-15-8-9-17(26-2)18(10-15)27-3/h4-10,13H,11-12H2,1-3H3,(H2,21,22,24,25). The number of benzene rings is 2. The summed E-state index contributed by atoms with van der Waals surface area (Å²) in [5, 5.41) is 14.5. The Morgan fingerprint density at radius 3 is 2.52 bits per heavy atom. The van der Waals surface area contributed by atoms with E-state index in [1.165, 1.54) is 11.1 Å². The van der Waals surface area contributed by atoms with Crippen molar-refractivity contribution >= 4 is 11.8 Å². The average molecular weight is 365 g/mol. The average Bonchev–Trinajstić information content (AvgIpc) is 2.71. The Morgan fingerprint density at radius 2 is 1.74 bits per heavy atom. The first-order valence-corrected chi connectivity index (χ1v) is 8.62. The lowest BCUT2D eigenvalue weighted by Crippen LogP contribution is -2.08. The van der Waals surface area contributed by atoms with Crippen molar-refractivity contribution in [2.24, 2.45) is 0 Å². The van der Waals surface area contributed by atoms with Crippen LogP contribution in [0.25, 0.3) is 0 Å². The summed E-state index contributed by atoms with van der Waals surface area (Å²) in [6, 6.07) is 14.0. The third-order valence-corrected chi connectivity index (χ3v) is 4.18. The van der Waals surface area contributed by atoms with Crippen LogP contribution in [0.4, 0.5) is 11.8 Å². The van der Waals surface area contributed by atoms with E-state index < -0.39 is 0 Å². The number of nitrogens with one attached hydrogen (secondary N) is 2. The molecule has 0 atom stereocenters. The number of rotatable bonds is 8. The molecule has 0 saturated heterocycles. The molecule has 3 aromatic rings. The summed E-state index contributed by atoms with van der Waals surface area (Å²) in [5.41, 5.74) is 3.46. The molecule has 0 aliphatic heterocycles. The predicted molar refractivity (Wildman–Crippen MR) is 105 cm³/mol. The number of ether oxygens (including phenoxy) is 2. The van der Waals surface area contributed by atoms with Gasteiger partial charge in [-0.1, -0.05) is 30.3 Å². The Morgan fingerprint density at radius 1 is 0.926 bits per heavy atom. The summed E-state index contributed by atoms with van der Waals surface area (Å²) >= 11 is 0. The van der Waals surface area contributed by atoms with E-state index in [0.717, 1.165) is 5.56 Å². The number of methoxy groups -OCH3 is 2. The summed E-state index contributed by atoms with van der Waals surface area (Å²) < 4.78 is 10.6. The van der Waals surface area contributed by atoms with Gasteiger partial charge in [0.25, 0.3) is 0 Å². The zero-order valence-corrected chi connectivity index (χ0v) is 15.7. The maximum Gasteiger partial charge on any atom is 0.244 e. The third kappa shape index (κ3) is 4.84. The Hall–Kier alpha value is -3.35. The van der Waals surface area contributed by atoms with Gasteiger partial charge in [-0.3, -0.25) is 0 Å². The van der Waals surface area contributed by atoms with Crippen LogP contribution in [0.1, 0.15) is 16.7 Å². The van der Waals surface area contributed by atoms with Crippen molar-refractivity contribution in [3.05, 3.63) is 65.4 Å². The second-order valence-corrected chi connectivity index (χ2v) is 5.99. The Kier molecular flexibility index (Phi) is 6.04. The molecule has 1 heterocycles. The lowest BCUT2D eigenvalue weighted by atomic mass is 10.1. The fourth-order valence-corrected chi connectivity index (χ4v) is 2.63. The van der Waals surface area contributed by atoms with E-state index in [4.69, 9.17) is 9.47 Å². The van der Waals surface area contributed by atoms with Gasteiger partial charge in [-0.15, -0.1) is 5.10 Å². The first kappa shape index (κ1) is 18.4. The van der Waals surface area contributed by atoms with Gasteiger partial charge in [0.1, 0.15) is 0 Å². The highest BCUT2D eigenvalue weighted by molar-refractivity contribution is 5.45. The molecule has 0 aliphatic carbocycles. The summed E-state index contributed by atoms with van der Waals surface area (Å²) in [6.45, 7) is 3.31. The fraction of sp³-hybridized carbons (Fsp3) is 0.250. The highest BCUT2D eigenvalue weighted by Crippen LogP contribution is 2.27. The van der Waals surface area contributed by atoms with Gasteiger partial charge in [0.15, 0.2) is 17.3 Å². The van der Waals surface area contributed by atoms with Gasteiger partial charge in [0, 0.05) is 13.1 Å². The zero-order valence-electron chi connectivity index (χ0n) is 15.7. The van der Waals surface area contributed by atoms with E-state index in [9.17, 15) is 0 Å². The van der Waals surface area contributed by atoms with Crippen LogP contribution in [0.3, 0.4) is 0 Å². The first-order chi connectivity index (χ1) is 13.2. The zero-order chi connectivity index (χ0) is 19.1. The molecule has 0 fully saturated rings. The molecule has 7 heteroatoms. The smallest absolute Gasteiger partial charge is 0.244 e. The van der Waals surface area contributed by atoms with E-state index in [2.05, 4.69) is 44.9 Å². The highest BCUT2D eigenvalue weighted by atomic mass is 16.5. The van der Waals surface area contributed by atoms with Gasteiger partial charge in [0.05, 0.1) is 20.4 Å². The Bertz CT molecular complexity index is 901. The van der Waals surface area contributed by atoms with Gasteiger partial charge >= 0.3 is 0 Å². The molecule has 0 radical (unpaired) electrons. The molecule has 2 aromatic carbocycles. The molecular weight excluding hydrogens is 342 g/mol. The van der Waals surface area contributed by atoms with E-state index in [1.54, 1.807) is 20.4 Å². The molecule has 1 aromatic heterocycles. The first-order valence-electron chi connectivity index (χ1n) is 8.62. The van der Waals surface area contributed by atoms with Crippen LogP contribution in [-0.4, -0.2) is 29.4 Å². The molecule has 0 spiro atoms. The Labute approximate surface area is 158 Å². The normalized spacial score (nSPS) is 10.3. The van der Waals surface area contributed by atoms with Crippen molar-refractivity contribution < 1.29 is 9.47 Å². The molecule has 140 valence electrons. The van der Waals surface area contributed by atoms with Crippen molar-refractivity contribution in [2.45, 2.75) is 20.0 Å². The molecule has 0 unspecified atom stereocenters. The lowest BCUT2D eigenvalue weighted by Gasteiger charge is -2.11. The van der Waals surface area contributed by atoms with E-state index in [-0.39, 0.29) is 0 Å². The van der Waals surface area contributed by atoms with Crippen molar-refractivity contribution in [1.29, 1.82) is 0 Å². The summed E-state index contributed by atoms with van der Waals surface area (Å²) in [5.74, 6) is 2.52. The van der Waals surface area contributed by atoms with Crippen molar-refractivity contribution in [3.63, 3.8) is 0 Å². The lowest BCUT2D eigenvalue weighted by molar-refractivity contribution is 0.354. The number of nitrogens with zero attached hydrogens (tertiary/aromatic N) is 3. The van der Waals surface area contributed by atoms with Gasteiger partial charge in [-0.25, -0.2) is 0 Å². The van der Waals surface area contributed by atoms with Crippen molar-refractivity contribution in [3.8, 4) is 11.5 Å². The number of aromatic nitrogens is 3. The number of hydrogen-bond acceptors (Lipinski definition) is 7. The monoisotopic (exact) mass is 365 g/mol. The molecular formula is C20H23N5O2. The van der Waals surface area contributed by atoms with E-state index in [1.807, 2.05) is 30.3 Å². The predicted octanol–water partition coefficient (Wildman–Crippen LogP) is 3.42. The number of aryl methyl sites for hydroxylation is 1. The molecule has 2 N–H and O–H groups in total. The fourth-order valence-electron chi connectivity index (χ4n) is 2.63. The van der Waals surface area contributed by atoms with Crippen LogP contribution in [0.2, 0.25) is 0 Å². The van der Waals surface area contributed by atoms with Crippen LogP contribution in [0, 0.1) is 6.92 Å². The maximum atomic E-state index is 5.33.